The van der Waals surface area contributed by atoms with E-state index >= 15 is 0 Å². The number of methoxy groups -OCH3 is 1. The van der Waals surface area contributed by atoms with E-state index in [2.05, 4.69) is 38.5 Å². The normalized spacial score (nSPS) is 13.5. The summed E-state index contributed by atoms with van der Waals surface area (Å²) in [5, 5.41) is 0.716. The maximum Gasteiger partial charge on any atom is 0.225 e. The molecule has 0 bridgehead atoms. The van der Waals surface area contributed by atoms with Crippen molar-refractivity contribution in [3.63, 3.8) is 0 Å². The number of pyridine rings is 1. The van der Waals surface area contributed by atoms with Gasteiger partial charge in [-0.1, -0.05) is 17.7 Å². The Morgan fingerprint density at radius 2 is 1.68 bits per heavy atom. The van der Waals surface area contributed by atoms with Gasteiger partial charge in [0.05, 0.1) is 18.5 Å². The number of halogens is 1. The highest BCUT2D eigenvalue weighted by atomic mass is 35.5. The zero-order valence-corrected chi connectivity index (χ0v) is 23.9. The Balaban J connectivity index is 1.28. The molecule has 1 aliphatic rings. The molecule has 0 unspecified atom stereocenters. The van der Waals surface area contributed by atoms with Crippen molar-refractivity contribution in [3.05, 3.63) is 95.5 Å². The SMILES string of the molecule is COc1ccc(-c2nc3ccc(-c4ccc(Cl)cc4C)cn3c2CCC(=O)N2CCN(c3ncccn3)CC2)cc1. The van der Waals surface area contributed by atoms with Crippen LogP contribution in [0.3, 0.4) is 0 Å². The number of rotatable bonds is 7. The molecule has 2 aromatic carbocycles. The molecule has 1 fully saturated rings. The van der Waals surface area contributed by atoms with Crippen molar-refractivity contribution in [2.75, 3.05) is 38.2 Å². The van der Waals surface area contributed by atoms with Gasteiger partial charge in [-0.05, 0) is 84.6 Å². The fourth-order valence-corrected chi connectivity index (χ4v) is 5.64. The van der Waals surface area contributed by atoms with Gasteiger partial charge in [0.1, 0.15) is 11.4 Å². The maximum absolute atomic E-state index is 13.4. The zero-order valence-electron chi connectivity index (χ0n) is 23.1. The molecule has 1 aliphatic heterocycles. The number of piperazine rings is 1. The lowest BCUT2D eigenvalue weighted by atomic mass is 10.0. The van der Waals surface area contributed by atoms with E-state index in [1.165, 1.54) is 0 Å². The fourth-order valence-electron chi connectivity index (χ4n) is 5.42. The van der Waals surface area contributed by atoms with E-state index in [1.807, 2.05) is 59.5 Å². The van der Waals surface area contributed by atoms with Crippen molar-refractivity contribution in [1.82, 2.24) is 24.3 Å². The molecule has 208 valence electrons. The number of nitrogens with zero attached hydrogens (tertiary/aromatic N) is 6. The molecule has 41 heavy (non-hydrogen) atoms. The molecular weight excluding hydrogens is 536 g/mol. The molecule has 4 heterocycles. The van der Waals surface area contributed by atoms with Crippen LogP contribution in [0.1, 0.15) is 17.7 Å². The summed E-state index contributed by atoms with van der Waals surface area (Å²) in [5.41, 5.74) is 6.97. The predicted molar refractivity (Wildman–Crippen MR) is 162 cm³/mol. The van der Waals surface area contributed by atoms with Crippen molar-refractivity contribution < 1.29 is 9.53 Å². The van der Waals surface area contributed by atoms with E-state index in [-0.39, 0.29) is 5.91 Å². The Bertz CT molecular complexity index is 1680. The topological polar surface area (TPSA) is 75.9 Å². The lowest BCUT2D eigenvalue weighted by Gasteiger charge is -2.34. The molecule has 8 nitrogen and oxygen atoms in total. The minimum Gasteiger partial charge on any atom is -0.497 e. The average Bonchev–Trinajstić information content (AvgIpc) is 3.38. The third-order valence-corrected chi connectivity index (χ3v) is 7.86. The third kappa shape index (κ3) is 5.60. The molecule has 0 radical (unpaired) electrons. The zero-order chi connectivity index (χ0) is 28.3. The first-order chi connectivity index (χ1) is 20.0. The minimum absolute atomic E-state index is 0.138. The van der Waals surface area contributed by atoms with E-state index in [0.29, 0.717) is 50.0 Å². The van der Waals surface area contributed by atoms with Gasteiger partial charge >= 0.3 is 0 Å². The van der Waals surface area contributed by atoms with Crippen LogP contribution < -0.4 is 9.64 Å². The number of ether oxygens (including phenoxy) is 1. The second kappa shape index (κ2) is 11.6. The summed E-state index contributed by atoms with van der Waals surface area (Å²) in [6.45, 7) is 4.79. The molecule has 1 amide bonds. The summed E-state index contributed by atoms with van der Waals surface area (Å²) in [6.07, 6.45) is 6.56. The Morgan fingerprint density at radius 1 is 0.951 bits per heavy atom. The van der Waals surface area contributed by atoms with Crippen molar-refractivity contribution in [1.29, 1.82) is 0 Å². The van der Waals surface area contributed by atoms with Gasteiger partial charge in [-0.3, -0.25) is 4.79 Å². The summed E-state index contributed by atoms with van der Waals surface area (Å²) in [5.74, 6) is 1.63. The van der Waals surface area contributed by atoms with Gasteiger partial charge in [-0.15, -0.1) is 0 Å². The number of hydrogen-bond donors (Lipinski definition) is 0. The van der Waals surface area contributed by atoms with Crippen molar-refractivity contribution in [2.45, 2.75) is 19.8 Å². The van der Waals surface area contributed by atoms with Crippen LogP contribution in [-0.4, -0.2) is 63.4 Å². The molecule has 0 saturated carbocycles. The van der Waals surface area contributed by atoms with Crippen molar-refractivity contribution >= 4 is 29.1 Å². The quantitative estimate of drug-likeness (QED) is 0.251. The first-order valence-corrected chi connectivity index (χ1v) is 14.1. The monoisotopic (exact) mass is 566 g/mol. The largest absolute Gasteiger partial charge is 0.497 e. The molecule has 3 aromatic heterocycles. The van der Waals surface area contributed by atoms with Crippen LogP contribution in [0.2, 0.25) is 5.02 Å². The number of amides is 1. The number of carbonyl (C=O) groups excluding carboxylic acids is 1. The Hall–Kier alpha value is -4.43. The molecule has 1 saturated heterocycles. The fraction of sp³-hybridized carbons (Fsp3) is 0.250. The number of benzene rings is 2. The molecule has 0 atom stereocenters. The summed E-state index contributed by atoms with van der Waals surface area (Å²) in [6, 6.07) is 19.8. The highest BCUT2D eigenvalue weighted by molar-refractivity contribution is 6.30. The van der Waals surface area contributed by atoms with Crippen LogP contribution in [0.5, 0.6) is 5.75 Å². The van der Waals surface area contributed by atoms with Crippen molar-refractivity contribution in [3.8, 4) is 28.1 Å². The minimum atomic E-state index is 0.138. The summed E-state index contributed by atoms with van der Waals surface area (Å²) in [4.78, 5) is 31.1. The molecule has 6 rings (SSSR count). The number of aryl methyl sites for hydroxylation is 2. The number of fused-ring (bicyclic) bond motifs is 1. The van der Waals surface area contributed by atoms with E-state index in [0.717, 1.165) is 45.0 Å². The van der Waals surface area contributed by atoms with Gasteiger partial charge in [-0.25, -0.2) is 15.0 Å². The number of carbonyl (C=O) groups is 1. The van der Waals surface area contributed by atoms with Crippen LogP contribution in [0, 0.1) is 6.92 Å². The Morgan fingerprint density at radius 3 is 2.39 bits per heavy atom. The standard InChI is InChI=1S/C32H31ClN6O2/c1-22-20-25(33)7-10-27(22)24-6-12-29-36-31(23-4-8-26(41-2)9-5-23)28(39(29)21-24)11-13-30(40)37-16-18-38(19-17-37)32-34-14-3-15-35-32/h3-10,12,14-15,20-21H,11,13,16-19H2,1-2H3. The summed E-state index contributed by atoms with van der Waals surface area (Å²) >= 11 is 6.22. The Kier molecular flexibility index (Phi) is 7.57. The van der Waals surface area contributed by atoms with Gasteiger partial charge in [0.25, 0.3) is 0 Å². The van der Waals surface area contributed by atoms with E-state index in [4.69, 9.17) is 21.3 Å². The number of aromatic nitrogens is 4. The molecule has 0 N–H and O–H groups in total. The molecule has 0 spiro atoms. The van der Waals surface area contributed by atoms with Gasteiger partial charge in [0, 0.05) is 61.8 Å². The van der Waals surface area contributed by atoms with Crippen LogP contribution in [0.15, 0.2) is 79.3 Å². The molecule has 5 aromatic rings. The van der Waals surface area contributed by atoms with Crippen LogP contribution >= 0.6 is 11.6 Å². The van der Waals surface area contributed by atoms with E-state index in [1.54, 1.807) is 19.5 Å². The van der Waals surface area contributed by atoms with Gasteiger partial charge in [-0.2, -0.15) is 0 Å². The smallest absolute Gasteiger partial charge is 0.225 e. The second-order valence-corrected chi connectivity index (χ2v) is 10.6. The highest BCUT2D eigenvalue weighted by Crippen LogP contribution is 2.31. The number of imidazole rings is 1. The lowest BCUT2D eigenvalue weighted by Crippen LogP contribution is -2.49. The van der Waals surface area contributed by atoms with Gasteiger partial charge < -0.3 is 18.9 Å². The summed E-state index contributed by atoms with van der Waals surface area (Å²) in [7, 11) is 1.66. The maximum atomic E-state index is 13.4. The third-order valence-electron chi connectivity index (χ3n) is 7.62. The lowest BCUT2D eigenvalue weighted by molar-refractivity contribution is -0.131. The summed E-state index contributed by atoms with van der Waals surface area (Å²) < 4.78 is 7.49. The van der Waals surface area contributed by atoms with E-state index in [9.17, 15) is 4.79 Å². The van der Waals surface area contributed by atoms with Crippen molar-refractivity contribution in [2.24, 2.45) is 0 Å². The number of hydrogen-bond acceptors (Lipinski definition) is 6. The van der Waals surface area contributed by atoms with E-state index < -0.39 is 0 Å². The van der Waals surface area contributed by atoms with Crippen LogP contribution in [-0.2, 0) is 11.2 Å². The molecule has 9 heteroatoms. The van der Waals surface area contributed by atoms with Gasteiger partial charge in [0.2, 0.25) is 11.9 Å². The average molecular weight is 567 g/mol. The first kappa shape index (κ1) is 26.8. The second-order valence-electron chi connectivity index (χ2n) is 10.2. The first-order valence-electron chi connectivity index (χ1n) is 13.7. The highest BCUT2D eigenvalue weighted by Gasteiger charge is 2.24. The van der Waals surface area contributed by atoms with Gasteiger partial charge in [0.15, 0.2) is 0 Å². The predicted octanol–water partition coefficient (Wildman–Crippen LogP) is 5.71. The molecular formula is C32H31ClN6O2. The number of anilines is 1. The van der Waals surface area contributed by atoms with Crippen LogP contribution in [0.25, 0.3) is 28.0 Å². The molecule has 0 aliphatic carbocycles. The Labute approximate surface area is 244 Å². The van der Waals surface area contributed by atoms with Crippen LogP contribution in [0.4, 0.5) is 5.95 Å².